The fourth-order valence-corrected chi connectivity index (χ4v) is 1.82. The topological polar surface area (TPSA) is 70.6 Å². The summed E-state index contributed by atoms with van der Waals surface area (Å²) in [4.78, 5) is 23.3. The van der Waals surface area contributed by atoms with E-state index in [-0.39, 0.29) is 10.8 Å². The standard InChI is InChI=1S/C15H10Cl2FN3O2/c16-12-6-5-11(7-13(12)17)20-14(22)15(23)21-19-8-9-1-3-10(18)4-2-9/h1-8H,(H,20,22)(H,21,23)/b19-8-. The fourth-order valence-electron chi connectivity index (χ4n) is 1.53. The fraction of sp³-hybridized carbons (Fsp3) is 0. The highest BCUT2D eigenvalue weighted by Crippen LogP contribution is 2.24. The Kier molecular flexibility index (Phi) is 5.67. The predicted molar refractivity (Wildman–Crippen MR) is 87.2 cm³/mol. The van der Waals surface area contributed by atoms with Gasteiger partial charge in [-0.05, 0) is 35.9 Å². The van der Waals surface area contributed by atoms with E-state index in [1.807, 2.05) is 0 Å². The van der Waals surface area contributed by atoms with Gasteiger partial charge in [-0.15, -0.1) is 0 Å². The minimum absolute atomic E-state index is 0.249. The smallest absolute Gasteiger partial charge is 0.318 e. The number of hydrogen-bond acceptors (Lipinski definition) is 3. The van der Waals surface area contributed by atoms with Gasteiger partial charge >= 0.3 is 11.8 Å². The molecule has 0 unspecified atom stereocenters. The van der Waals surface area contributed by atoms with Crippen LogP contribution in [0.5, 0.6) is 0 Å². The second-order valence-corrected chi connectivity index (χ2v) is 5.15. The third-order valence-electron chi connectivity index (χ3n) is 2.63. The van der Waals surface area contributed by atoms with Crippen molar-refractivity contribution >= 4 is 46.9 Å². The van der Waals surface area contributed by atoms with Crippen molar-refractivity contribution in [2.24, 2.45) is 5.10 Å². The van der Waals surface area contributed by atoms with Crippen molar-refractivity contribution in [2.75, 3.05) is 5.32 Å². The number of hydrogen-bond donors (Lipinski definition) is 2. The average Bonchev–Trinajstić information content (AvgIpc) is 2.52. The Morgan fingerprint density at radius 1 is 1.00 bits per heavy atom. The van der Waals surface area contributed by atoms with E-state index in [0.717, 1.165) is 0 Å². The van der Waals surface area contributed by atoms with Crippen molar-refractivity contribution in [1.82, 2.24) is 5.43 Å². The Morgan fingerprint density at radius 2 is 1.70 bits per heavy atom. The molecule has 0 saturated heterocycles. The number of hydrazone groups is 1. The van der Waals surface area contributed by atoms with Gasteiger partial charge in [-0.2, -0.15) is 5.10 Å². The maximum absolute atomic E-state index is 12.7. The third kappa shape index (κ3) is 5.05. The summed E-state index contributed by atoms with van der Waals surface area (Å²) in [5.74, 6) is -2.26. The molecule has 0 bridgehead atoms. The molecule has 0 radical (unpaired) electrons. The van der Waals surface area contributed by atoms with Gasteiger partial charge in [-0.3, -0.25) is 9.59 Å². The van der Waals surface area contributed by atoms with Gasteiger partial charge in [0, 0.05) is 5.69 Å². The van der Waals surface area contributed by atoms with Crippen LogP contribution in [-0.2, 0) is 9.59 Å². The zero-order valence-corrected chi connectivity index (χ0v) is 13.0. The first-order valence-corrected chi connectivity index (χ1v) is 7.06. The van der Waals surface area contributed by atoms with E-state index in [2.05, 4.69) is 15.8 Å². The molecule has 5 nitrogen and oxygen atoms in total. The lowest BCUT2D eigenvalue weighted by molar-refractivity contribution is -0.136. The lowest BCUT2D eigenvalue weighted by Gasteiger charge is -2.05. The first kappa shape index (κ1) is 16.9. The molecule has 0 aliphatic heterocycles. The molecule has 0 atom stereocenters. The Morgan fingerprint density at radius 3 is 2.35 bits per heavy atom. The molecule has 2 aromatic rings. The van der Waals surface area contributed by atoms with Crippen LogP contribution in [0.4, 0.5) is 10.1 Å². The van der Waals surface area contributed by atoms with Crippen LogP contribution in [0.2, 0.25) is 10.0 Å². The minimum atomic E-state index is -0.963. The summed E-state index contributed by atoms with van der Waals surface area (Å²) >= 11 is 11.6. The van der Waals surface area contributed by atoms with Crippen LogP contribution in [-0.4, -0.2) is 18.0 Å². The zero-order chi connectivity index (χ0) is 16.8. The Labute approximate surface area is 141 Å². The van der Waals surface area contributed by atoms with E-state index in [1.54, 1.807) is 0 Å². The Bertz CT molecular complexity index is 764. The van der Waals surface area contributed by atoms with Crippen molar-refractivity contribution < 1.29 is 14.0 Å². The van der Waals surface area contributed by atoms with Crippen LogP contribution in [0.3, 0.4) is 0 Å². The number of carbonyl (C=O) groups excluding carboxylic acids is 2. The molecule has 0 spiro atoms. The first-order chi connectivity index (χ1) is 11.0. The molecule has 0 aliphatic rings. The zero-order valence-electron chi connectivity index (χ0n) is 11.5. The molecule has 2 rings (SSSR count). The van der Waals surface area contributed by atoms with Crippen molar-refractivity contribution in [3.8, 4) is 0 Å². The molecule has 0 fully saturated rings. The van der Waals surface area contributed by atoms with Crippen LogP contribution < -0.4 is 10.7 Å². The Balaban J connectivity index is 1.90. The molecule has 0 saturated carbocycles. The molecule has 0 aliphatic carbocycles. The largest absolute Gasteiger partial charge is 0.329 e. The number of nitrogens with zero attached hydrogens (tertiary/aromatic N) is 1. The molecule has 0 heterocycles. The van der Waals surface area contributed by atoms with Crippen molar-refractivity contribution in [3.63, 3.8) is 0 Å². The van der Waals surface area contributed by atoms with Crippen molar-refractivity contribution in [3.05, 3.63) is 63.9 Å². The van der Waals surface area contributed by atoms with Crippen LogP contribution in [0.15, 0.2) is 47.6 Å². The number of anilines is 1. The number of benzene rings is 2. The molecular formula is C15H10Cl2FN3O2. The first-order valence-electron chi connectivity index (χ1n) is 6.31. The van der Waals surface area contributed by atoms with Crippen LogP contribution in [0.25, 0.3) is 0 Å². The SMILES string of the molecule is O=C(N/N=C\c1ccc(F)cc1)C(=O)Nc1ccc(Cl)c(Cl)c1. The summed E-state index contributed by atoms with van der Waals surface area (Å²) in [5.41, 5.74) is 2.95. The maximum Gasteiger partial charge on any atom is 0.329 e. The molecule has 2 amide bonds. The summed E-state index contributed by atoms with van der Waals surface area (Å²) in [6.45, 7) is 0. The number of halogens is 3. The highest BCUT2D eigenvalue weighted by atomic mass is 35.5. The van der Waals surface area contributed by atoms with E-state index in [9.17, 15) is 14.0 Å². The number of nitrogens with one attached hydrogen (secondary N) is 2. The summed E-state index contributed by atoms with van der Waals surface area (Å²) in [5, 5.41) is 6.54. The van der Waals surface area contributed by atoms with Gasteiger partial charge in [0.05, 0.1) is 16.3 Å². The molecule has 2 aromatic carbocycles. The van der Waals surface area contributed by atoms with Gasteiger partial charge in [0.1, 0.15) is 5.82 Å². The third-order valence-corrected chi connectivity index (χ3v) is 3.37. The van der Waals surface area contributed by atoms with E-state index < -0.39 is 11.8 Å². The number of amides is 2. The van der Waals surface area contributed by atoms with E-state index in [1.165, 1.54) is 48.7 Å². The quantitative estimate of drug-likeness (QED) is 0.505. The van der Waals surface area contributed by atoms with Gasteiger partial charge in [-0.1, -0.05) is 35.3 Å². The monoisotopic (exact) mass is 353 g/mol. The second kappa shape index (κ2) is 7.71. The number of carbonyl (C=O) groups is 2. The summed E-state index contributed by atoms with van der Waals surface area (Å²) in [7, 11) is 0. The highest BCUT2D eigenvalue weighted by molar-refractivity contribution is 6.42. The molecule has 8 heteroatoms. The summed E-state index contributed by atoms with van der Waals surface area (Å²) in [6, 6.07) is 9.85. The maximum atomic E-state index is 12.7. The average molecular weight is 354 g/mol. The van der Waals surface area contributed by atoms with Crippen LogP contribution >= 0.6 is 23.2 Å². The molecular weight excluding hydrogens is 344 g/mol. The van der Waals surface area contributed by atoms with Crippen molar-refractivity contribution in [1.29, 1.82) is 0 Å². The molecule has 2 N–H and O–H groups in total. The van der Waals surface area contributed by atoms with Gasteiger partial charge in [0.15, 0.2) is 0 Å². The van der Waals surface area contributed by atoms with E-state index in [4.69, 9.17) is 23.2 Å². The number of rotatable bonds is 3. The second-order valence-electron chi connectivity index (χ2n) is 4.33. The molecule has 23 heavy (non-hydrogen) atoms. The summed E-state index contributed by atoms with van der Waals surface area (Å²) < 4.78 is 12.7. The van der Waals surface area contributed by atoms with Gasteiger partial charge in [-0.25, -0.2) is 9.82 Å². The van der Waals surface area contributed by atoms with Gasteiger partial charge in [0.25, 0.3) is 0 Å². The summed E-state index contributed by atoms with van der Waals surface area (Å²) in [6.07, 6.45) is 1.28. The Hall–Kier alpha value is -2.44. The lowest BCUT2D eigenvalue weighted by atomic mass is 10.2. The molecule has 118 valence electrons. The van der Waals surface area contributed by atoms with Crippen molar-refractivity contribution in [2.45, 2.75) is 0 Å². The highest BCUT2D eigenvalue weighted by Gasteiger charge is 2.13. The van der Waals surface area contributed by atoms with Crippen LogP contribution in [0, 0.1) is 5.82 Å². The van der Waals surface area contributed by atoms with E-state index in [0.29, 0.717) is 16.3 Å². The predicted octanol–water partition coefficient (Wildman–Crippen LogP) is 3.22. The van der Waals surface area contributed by atoms with E-state index >= 15 is 0 Å². The minimum Gasteiger partial charge on any atom is -0.318 e. The lowest BCUT2D eigenvalue weighted by Crippen LogP contribution is -2.32. The van der Waals surface area contributed by atoms with Gasteiger partial charge in [0.2, 0.25) is 0 Å². The van der Waals surface area contributed by atoms with Crippen LogP contribution in [0.1, 0.15) is 5.56 Å². The normalized spacial score (nSPS) is 10.6. The molecule has 0 aromatic heterocycles. The van der Waals surface area contributed by atoms with Gasteiger partial charge < -0.3 is 5.32 Å².